The second kappa shape index (κ2) is 5.48. The first kappa shape index (κ1) is 15.5. The van der Waals surface area contributed by atoms with E-state index in [4.69, 9.17) is 5.73 Å². The van der Waals surface area contributed by atoms with E-state index in [9.17, 15) is 8.42 Å². The van der Waals surface area contributed by atoms with Crippen LogP contribution in [0.1, 0.15) is 27.9 Å². The zero-order valence-electron chi connectivity index (χ0n) is 12.8. The fourth-order valence-electron chi connectivity index (χ4n) is 2.24. The molecule has 1 aromatic heterocycles. The number of hydrogen-bond donors (Lipinski definition) is 1. The van der Waals surface area contributed by atoms with Crippen molar-refractivity contribution < 1.29 is 8.42 Å². The molecule has 0 unspecified atom stereocenters. The third kappa shape index (κ3) is 3.08. The number of anilines is 1. The molecule has 112 valence electrons. The summed E-state index contributed by atoms with van der Waals surface area (Å²) in [6, 6.07) is 5.44. The Kier molecular flexibility index (Phi) is 4.05. The molecule has 0 spiro atoms. The molecule has 1 heterocycles. The van der Waals surface area contributed by atoms with Crippen molar-refractivity contribution in [2.24, 2.45) is 0 Å². The highest BCUT2D eigenvalue weighted by molar-refractivity contribution is 7.90. The number of nitrogens with two attached hydrogens (primary N) is 1. The van der Waals surface area contributed by atoms with E-state index in [-0.39, 0.29) is 5.75 Å². The van der Waals surface area contributed by atoms with Gasteiger partial charge in [0.05, 0.1) is 16.3 Å². The Morgan fingerprint density at radius 1 is 1.10 bits per heavy atom. The third-order valence-corrected chi connectivity index (χ3v) is 5.44. The second-order valence-corrected chi connectivity index (χ2v) is 7.41. The maximum absolute atomic E-state index is 12.6. The summed E-state index contributed by atoms with van der Waals surface area (Å²) >= 11 is 0. The van der Waals surface area contributed by atoms with Gasteiger partial charge in [0.25, 0.3) is 0 Å². The number of nitrogens with zero attached hydrogens (tertiary/aromatic N) is 1. The van der Waals surface area contributed by atoms with Crippen LogP contribution in [-0.4, -0.2) is 13.4 Å². The molecule has 2 N–H and O–H groups in total. The minimum Gasteiger partial charge on any atom is -0.398 e. The summed E-state index contributed by atoms with van der Waals surface area (Å²) in [5.74, 6) is -0.131. The molecule has 0 aliphatic heterocycles. The van der Waals surface area contributed by atoms with Crippen molar-refractivity contribution >= 4 is 15.5 Å². The second-order valence-electron chi connectivity index (χ2n) is 5.45. The van der Waals surface area contributed by atoms with Gasteiger partial charge in [0.1, 0.15) is 0 Å². The normalized spacial score (nSPS) is 11.6. The van der Waals surface area contributed by atoms with Gasteiger partial charge in [-0.1, -0.05) is 12.1 Å². The van der Waals surface area contributed by atoms with E-state index >= 15 is 0 Å². The number of pyridine rings is 1. The highest BCUT2D eigenvalue weighted by Crippen LogP contribution is 2.24. The summed E-state index contributed by atoms with van der Waals surface area (Å²) in [5, 5.41) is 0. The average molecular weight is 304 g/mol. The standard InChI is InChI=1S/C16H20N2O2S/c1-10-5-6-11(2)15(7-10)21(19,20)9-14-13(4)16(17)12(3)8-18-14/h5-8H,9H2,1-4H3,(H2,17,18). The van der Waals surface area contributed by atoms with Gasteiger partial charge in [-0.05, 0) is 56.0 Å². The topological polar surface area (TPSA) is 73.0 Å². The molecule has 0 aliphatic rings. The van der Waals surface area contributed by atoms with Crippen molar-refractivity contribution in [3.63, 3.8) is 0 Å². The van der Waals surface area contributed by atoms with Crippen LogP contribution in [0.25, 0.3) is 0 Å². The number of rotatable bonds is 3. The first-order chi connectivity index (χ1) is 9.72. The lowest BCUT2D eigenvalue weighted by atomic mass is 10.1. The van der Waals surface area contributed by atoms with Crippen LogP contribution in [0.4, 0.5) is 5.69 Å². The first-order valence-corrected chi connectivity index (χ1v) is 8.38. The third-order valence-electron chi connectivity index (χ3n) is 3.68. The predicted octanol–water partition coefficient (Wildman–Crippen LogP) is 2.87. The van der Waals surface area contributed by atoms with Gasteiger partial charge in [0, 0.05) is 11.9 Å². The van der Waals surface area contributed by atoms with Crippen LogP contribution in [0.3, 0.4) is 0 Å². The SMILES string of the molecule is Cc1ccc(C)c(S(=O)(=O)Cc2ncc(C)c(N)c2C)c1. The van der Waals surface area contributed by atoms with Crippen molar-refractivity contribution in [3.8, 4) is 0 Å². The summed E-state index contributed by atoms with van der Waals surface area (Å²) in [4.78, 5) is 4.61. The van der Waals surface area contributed by atoms with Gasteiger partial charge in [0.2, 0.25) is 0 Å². The van der Waals surface area contributed by atoms with E-state index in [0.717, 1.165) is 22.3 Å². The van der Waals surface area contributed by atoms with Gasteiger partial charge in [-0.15, -0.1) is 0 Å². The van der Waals surface area contributed by atoms with E-state index in [2.05, 4.69) is 4.98 Å². The number of aromatic nitrogens is 1. The highest BCUT2D eigenvalue weighted by Gasteiger charge is 2.20. The van der Waals surface area contributed by atoms with Gasteiger partial charge in [-0.3, -0.25) is 4.98 Å². The van der Waals surface area contributed by atoms with E-state index in [1.807, 2.05) is 32.9 Å². The predicted molar refractivity (Wildman–Crippen MR) is 84.9 cm³/mol. The van der Waals surface area contributed by atoms with Gasteiger partial charge in [-0.25, -0.2) is 8.42 Å². The molecule has 0 amide bonds. The van der Waals surface area contributed by atoms with Crippen LogP contribution in [0, 0.1) is 27.7 Å². The van der Waals surface area contributed by atoms with Crippen LogP contribution in [0.15, 0.2) is 29.3 Å². The first-order valence-electron chi connectivity index (χ1n) is 6.73. The van der Waals surface area contributed by atoms with Crippen LogP contribution in [-0.2, 0) is 15.6 Å². The molecule has 0 fully saturated rings. The van der Waals surface area contributed by atoms with Crippen LogP contribution in [0.2, 0.25) is 0 Å². The Morgan fingerprint density at radius 3 is 2.43 bits per heavy atom. The molecule has 2 rings (SSSR count). The van der Waals surface area contributed by atoms with Crippen molar-refractivity contribution in [2.45, 2.75) is 38.3 Å². The number of aryl methyl sites for hydroxylation is 3. The largest absolute Gasteiger partial charge is 0.398 e. The lowest BCUT2D eigenvalue weighted by molar-refractivity contribution is 0.593. The van der Waals surface area contributed by atoms with Crippen molar-refractivity contribution in [1.82, 2.24) is 4.98 Å². The molecule has 0 saturated heterocycles. The summed E-state index contributed by atoms with van der Waals surface area (Å²) in [6.45, 7) is 7.35. The number of benzene rings is 1. The molecule has 0 atom stereocenters. The molecule has 0 saturated carbocycles. The fraction of sp³-hybridized carbons (Fsp3) is 0.312. The summed E-state index contributed by atoms with van der Waals surface area (Å²) in [5.41, 5.74) is 10.4. The van der Waals surface area contributed by atoms with Gasteiger partial charge < -0.3 is 5.73 Å². The molecule has 5 heteroatoms. The number of hydrogen-bond acceptors (Lipinski definition) is 4. The average Bonchev–Trinajstić information content (AvgIpc) is 2.42. The lowest BCUT2D eigenvalue weighted by Crippen LogP contribution is -2.11. The van der Waals surface area contributed by atoms with E-state index < -0.39 is 9.84 Å². The molecular weight excluding hydrogens is 284 g/mol. The number of sulfone groups is 1. The lowest BCUT2D eigenvalue weighted by Gasteiger charge is -2.12. The summed E-state index contributed by atoms with van der Waals surface area (Å²) < 4.78 is 25.3. The Bertz CT molecular complexity index is 796. The Morgan fingerprint density at radius 2 is 1.76 bits per heavy atom. The Hall–Kier alpha value is -1.88. The maximum atomic E-state index is 12.6. The van der Waals surface area contributed by atoms with E-state index in [1.54, 1.807) is 19.2 Å². The molecule has 1 aromatic carbocycles. The minimum absolute atomic E-state index is 0.131. The van der Waals surface area contributed by atoms with Crippen LogP contribution < -0.4 is 5.73 Å². The maximum Gasteiger partial charge on any atom is 0.184 e. The molecule has 2 aromatic rings. The smallest absolute Gasteiger partial charge is 0.184 e. The number of nitrogen functional groups attached to an aromatic ring is 1. The molecule has 4 nitrogen and oxygen atoms in total. The molecule has 0 aliphatic carbocycles. The van der Waals surface area contributed by atoms with Crippen molar-refractivity contribution in [2.75, 3.05) is 5.73 Å². The van der Waals surface area contributed by atoms with Gasteiger partial charge in [0.15, 0.2) is 9.84 Å². The van der Waals surface area contributed by atoms with Crippen LogP contribution >= 0.6 is 0 Å². The van der Waals surface area contributed by atoms with Gasteiger partial charge in [-0.2, -0.15) is 0 Å². The zero-order valence-corrected chi connectivity index (χ0v) is 13.6. The molecular formula is C16H20N2O2S. The molecule has 21 heavy (non-hydrogen) atoms. The quantitative estimate of drug-likeness (QED) is 0.946. The highest BCUT2D eigenvalue weighted by atomic mass is 32.2. The zero-order chi connectivity index (χ0) is 15.8. The summed E-state index contributed by atoms with van der Waals surface area (Å²) in [7, 11) is -3.44. The Labute approximate surface area is 125 Å². The van der Waals surface area contributed by atoms with Crippen molar-refractivity contribution in [3.05, 3.63) is 52.3 Å². The van der Waals surface area contributed by atoms with E-state index in [1.165, 1.54) is 0 Å². The van der Waals surface area contributed by atoms with Crippen LogP contribution in [0.5, 0.6) is 0 Å². The minimum atomic E-state index is -3.44. The molecule has 0 radical (unpaired) electrons. The Balaban J connectivity index is 2.47. The van der Waals surface area contributed by atoms with E-state index in [0.29, 0.717) is 16.3 Å². The van der Waals surface area contributed by atoms with Crippen molar-refractivity contribution in [1.29, 1.82) is 0 Å². The fourth-order valence-corrected chi connectivity index (χ4v) is 3.97. The van der Waals surface area contributed by atoms with Gasteiger partial charge >= 0.3 is 0 Å². The molecule has 0 bridgehead atoms. The summed E-state index contributed by atoms with van der Waals surface area (Å²) in [6.07, 6.45) is 1.62. The monoisotopic (exact) mass is 304 g/mol.